The summed E-state index contributed by atoms with van der Waals surface area (Å²) >= 11 is 0. The molecular formula is C17H18N4O5. The number of ether oxygens (including phenoxy) is 2. The third kappa shape index (κ3) is 4.16. The van der Waals surface area contributed by atoms with E-state index in [2.05, 4.69) is 15.2 Å². The molecule has 0 saturated carbocycles. The van der Waals surface area contributed by atoms with Gasteiger partial charge in [0, 0.05) is 17.8 Å². The van der Waals surface area contributed by atoms with Gasteiger partial charge in [0.2, 0.25) is 6.54 Å². The fraction of sp³-hybridized carbons (Fsp3) is 0.353. The number of rotatable bonds is 6. The van der Waals surface area contributed by atoms with Crippen molar-refractivity contribution in [3.05, 3.63) is 62.6 Å². The molecule has 0 bridgehead atoms. The number of non-ortho nitro benzene ring substituents is 1. The highest BCUT2D eigenvalue weighted by Crippen LogP contribution is 2.33. The standard InChI is InChI=1S/C17H18N4O5/c1-4-13-14(16(22)26-10-9-18-2)15(20-17(19-13)25-3)11-5-7-12(8-6-11)21(23)24/h5-8,15H,4,9-10H2,1,3H3,(H,19,20). The molecular weight excluding hydrogens is 340 g/mol. The van der Waals surface area contributed by atoms with Gasteiger partial charge in [0.05, 0.1) is 17.6 Å². The number of methoxy groups -OCH3 is 1. The van der Waals surface area contributed by atoms with Crippen molar-refractivity contribution in [2.24, 2.45) is 4.99 Å². The molecule has 1 heterocycles. The van der Waals surface area contributed by atoms with Crippen molar-refractivity contribution in [3.63, 3.8) is 0 Å². The Labute approximate surface area is 150 Å². The maximum atomic E-state index is 12.6. The summed E-state index contributed by atoms with van der Waals surface area (Å²) in [6.07, 6.45) is 0.499. The summed E-state index contributed by atoms with van der Waals surface area (Å²) in [5.41, 5.74) is 1.43. The molecule has 1 atom stereocenters. The molecule has 1 aliphatic heterocycles. The molecule has 136 valence electrons. The molecule has 1 N–H and O–H groups in total. The maximum absolute atomic E-state index is 12.6. The zero-order chi connectivity index (χ0) is 19.1. The number of carbonyl (C=O) groups excluding carboxylic acids is 1. The van der Waals surface area contributed by atoms with Crippen LogP contribution in [0.2, 0.25) is 0 Å². The Morgan fingerprint density at radius 2 is 2.12 bits per heavy atom. The molecule has 0 saturated heterocycles. The first-order valence-corrected chi connectivity index (χ1v) is 7.88. The first kappa shape index (κ1) is 18.9. The van der Waals surface area contributed by atoms with E-state index in [4.69, 9.17) is 16.0 Å². The van der Waals surface area contributed by atoms with E-state index >= 15 is 0 Å². The number of nitro benzene ring substituents is 1. The normalized spacial score (nSPS) is 16.2. The Bertz CT molecular complexity index is 792. The largest absolute Gasteiger partial charge is 0.468 e. The third-order valence-corrected chi connectivity index (χ3v) is 3.73. The fourth-order valence-corrected chi connectivity index (χ4v) is 2.47. The number of esters is 1. The van der Waals surface area contributed by atoms with Gasteiger partial charge in [0.25, 0.3) is 11.7 Å². The number of carbonyl (C=O) groups is 1. The summed E-state index contributed by atoms with van der Waals surface area (Å²) in [6, 6.07) is 5.32. The molecule has 0 amide bonds. The van der Waals surface area contributed by atoms with E-state index in [0.717, 1.165) is 0 Å². The summed E-state index contributed by atoms with van der Waals surface area (Å²) in [6.45, 7) is 8.68. The number of amidine groups is 1. The van der Waals surface area contributed by atoms with E-state index < -0.39 is 16.9 Å². The SMILES string of the molecule is [C-]#[N+]CCOC(=O)C1=C(CC)NC(OC)=NC1c1ccc([N+](=O)[O-])cc1. The average molecular weight is 358 g/mol. The highest BCUT2D eigenvalue weighted by molar-refractivity contribution is 5.94. The molecule has 1 unspecified atom stereocenters. The van der Waals surface area contributed by atoms with Crippen molar-refractivity contribution in [1.82, 2.24) is 5.32 Å². The number of nitrogens with zero attached hydrogens (tertiary/aromatic N) is 3. The maximum Gasteiger partial charge on any atom is 0.338 e. The molecule has 26 heavy (non-hydrogen) atoms. The second kappa shape index (κ2) is 8.62. The van der Waals surface area contributed by atoms with Crippen LogP contribution in [0.4, 0.5) is 5.69 Å². The van der Waals surface area contributed by atoms with E-state index in [9.17, 15) is 14.9 Å². The van der Waals surface area contributed by atoms with Crippen LogP contribution in [0.3, 0.4) is 0 Å². The lowest BCUT2D eigenvalue weighted by Crippen LogP contribution is -2.34. The quantitative estimate of drug-likeness (QED) is 0.275. The first-order valence-electron chi connectivity index (χ1n) is 7.88. The molecule has 0 radical (unpaired) electrons. The Kier molecular flexibility index (Phi) is 6.27. The molecule has 0 aromatic heterocycles. The molecule has 2 rings (SSSR count). The van der Waals surface area contributed by atoms with Gasteiger partial charge in [-0.3, -0.25) is 10.1 Å². The predicted molar refractivity (Wildman–Crippen MR) is 93.2 cm³/mol. The van der Waals surface area contributed by atoms with Gasteiger partial charge in [0.15, 0.2) is 6.61 Å². The second-order valence-electron chi connectivity index (χ2n) is 5.28. The van der Waals surface area contributed by atoms with Crippen LogP contribution < -0.4 is 5.32 Å². The summed E-state index contributed by atoms with van der Waals surface area (Å²) < 4.78 is 10.3. The van der Waals surface area contributed by atoms with Crippen LogP contribution >= 0.6 is 0 Å². The smallest absolute Gasteiger partial charge is 0.338 e. The van der Waals surface area contributed by atoms with Crippen LogP contribution in [0.15, 0.2) is 40.5 Å². The predicted octanol–water partition coefficient (Wildman–Crippen LogP) is 2.37. The number of hydrogen-bond donors (Lipinski definition) is 1. The minimum Gasteiger partial charge on any atom is -0.468 e. The molecule has 0 spiro atoms. The zero-order valence-corrected chi connectivity index (χ0v) is 14.4. The van der Waals surface area contributed by atoms with Gasteiger partial charge in [0.1, 0.15) is 6.04 Å². The van der Waals surface area contributed by atoms with Crippen molar-refractivity contribution in [2.45, 2.75) is 19.4 Å². The number of allylic oxidation sites excluding steroid dienone is 1. The van der Waals surface area contributed by atoms with E-state index in [-0.39, 0.29) is 24.9 Å². The summed E-state index contributed by atoms with van der Waals surface area (Å²) in [5.74, 6) is -0.583. The lowest BCUT2D eigenvalue weighted by Gasteiger charge is -2.26. The van der Waals surface area contributed by atoms with E-state index in [1.165, 1.54) is 19.2 Å². The van der Waals surface area contributed by atoms with Gasteiger partial charge in [-0.2, -0.15) is 0 Å². The number of benzene rings is 1. The average Bonchev–Trinajstić information content (AvgIpc) is 2.66. The van der Waals surface area contributed by atoms with Crippen molar-refractivity contribution in [3.8, 4) is 0 Å². The highest BCUT2D eigenvalue weighted by Gasteiger charge is 2.32. The van der Waals surface area contributed by atoms with Crippen LogP contribution in [0, 0.1) is 16.7 Å². The number of hydrogen-bond acceptors (Lipinski definition) is 7. The van der Waals surface area contributed by atoms with Crippen LogP contribution in [0.5, 0.6) is 0 Å². The third-order valence-electron chi connectivity index (χ3n) is 3.73. The monoisotopic (exact) mass is 358 g/mol. The summed E-state index contributed by atoms with van der Waals surface area (Å²) in [5, 5.41) is 13.8. The topological polar surface area (TPSA) is 107 Å². The molecule has 1 aliphatic rings. The van der Waals surface area contributed by atoms with Crippen molar-refractivity contribution in [2.75, 3.05) is 20.3 Å². The van der Waals surface area contributed by atoms with E-state index in [1.807, 2.05) is 6.92 Å². The van der Waals surface area contributed by atoms with E-state index in [1.54, 1.807) is 12.1 Å². The zero-order valence-electron chi connectivity index (χ0n) is 14.4. The molecule has 0 aliphatic carbocycles. The lowest BCUT2D eigenvalue weighted by atomic mass is 9.95. The first-order chi connectivity index (χ1) is 12.5. The fourth-order valence-electron chi connectivity index (χ4n) is 2.47. The Morgan fingerprint density at radius 1 is 1.42 bits per heavy atom. The van der Waals surface area contributed by atoms with Gasteiger partial charge >= 0.3 is 5.97 Å². The van der Waals surface area contributed by atoms with Gasteiger partial charge in [-0.25, -0.2) is 16.4 Å². The van der Waals surface area contributed by atoms with Crippen LogP contribution in [0.25, 0.3) is 4.85 Å². The van der Waals surface area contributed by atoms with Gasteiger partial charge in [-0.05, 0) is 24.1 Å². The van der Waals surface area contributed by atoms with Crippen molar-refractivity contribution in [1.29, 1.82) is 0 Å². The molecule has 0 fully saturated rings. The second-order valence-corrected chi connectivity index (χ2v) is 5.28. The van der Waals surface area contributed by atoms with Gasteiger partial charge in [-0.15, -0.1) is 0 Å². The number of nitro groups is 1. The summed E-state index contributed by atoms with van der Waals surface area (Å²) in [4.78, 5) is 30.4. The Morgan fingerprint density at radius 3 is 2.65 bits per heavy atom. The van der Waals surface area contributed by atoms with Gasteiger partial charge in [-0.1, -0.05) is 6.92 Å². The minimum atomic E-state index is -0.720. The highest BCUT2D eigenvalue weighted by atomic mass is 16.6. The van der Waals surface area contributed by atoms with Crippen LogP contribution in [-0.4, -0.2) is 37.2 Å². The molecule has 9 nitrogen and oxygen atoms in total. The van der Waals surface area contributed by atoms with E-state index in [0.29, 0.717) is 23.3 Å². The van der Waals surface area contributed by atoms with Crippen molar-refractivity contribution >= 4 is 17.7 Å². The van der Waals surface area contributed by atoms with Crippen LogP contribution in [-0.2, 0) is 14.3 Å². The van der Waals surface area contributed by atoms with Gasteiger partial charge < -0.3 is 19.6 Å². The lowest BCUT2D eigenvalue weighted by molar-refractivity contribution is -0.384. The number of aliphatic imine (C=N–C) groups is 1. The molecule has 1 aromatic rings. The minimum absolute atomic E-state index is 0.0172. The Balaban J connectivity index is 2.42. The molecule has 9 heteroatoms. The summed E-state index contributed by atoms with van der Waals surface area (Å²) in [7, 11) is 1.45. The van der Waals surface area contributed by atoms with Crippen LogP contribution in [0.1, 0.15) is 24.9 Å². The van der Waals surface area contributed by atoms with Crippen molar-refractivity contribution < 1.29 is 19.2 Å². The Hall–Kier alpha value is -3.41. The number of nitrogens with one attached hydrogen (secondary N) is 1. The molecule has 1 aromatic carbocycles.